The second kappa shape index (κ2) is 5.52. The van der Waals surface area contributed by atoms with Crippen molar-refractivity contribution in [1.82, 2.24) is 0 Å². The van der Waals surface area contributed by atoms with E-state index in [1.165, 1.54) is 6.92 Å². The third-order valence-electron chi connectivity index (χ3n) is 2.93. The standard InChI is InChI=1S/C13H14BrNO3/c1-9(17)18-12-4-5-15(7-12)13-3-2-11(14)6-10(13)8-16/h2-3,6,8,12H,4-5,7H2,1H3. The number of halogens is 1. The number of hydrogen-bond donors (Lipinski definition) is 0. The summed E-state index contributed by atoms with van der Waals surface area (Å²) in [6.45, 7) is 2.85. The summed E-state index contributed by atoms with van der Waals surface area (Å²) >= 11 is 3.34. The number of esters is 1. The van der Waals surface area contributed by atoms with Gasteiger partial charge in [-0.05, 0) is 18.2 Å². The average molecular weight is 312 g/mol. The Kier molecular flexibility index (Phi) is 4.01. The Bertz CT molecular complexity index is 475. The zero-order chi connectivity index (χ0) is 13.1. The van der Waals surface area contributed by atoms with Crippen molar-refractivity contribution in [3.8, 4) is 0 Å². The second-order valence-electron chi connectivity index (χ2n) is 4.29. The van der Waals surface area contributed by atoms with E-state index >= 15 is 0 Å². The van der Waals surface area contributed by atoms with E-state index in [1.807, 2.05) is 12.1 Å². The molecule has 18 heavy (non-hydrogen) atoms. The molecule has 1 aromatic carbocycles. The van der Waals surface area contributed by atoms with Gasteiger partial charge in [0.25, 0.3) is 0 Å². The van der Waals surface area contributed by atoms with Crippen LogP contribution in [0.4, 0.5) is 5.69 Å². The first-order chi connectivity index (χ1) is 8.60. The molecule has 1 fully saturated rings. The summed E-state index contributed by atoms with van der Waals surface area (Å²) in [5, 5.41) is 0. The van der Waals surface area contributed by atoms with E-state index in [0.717, 1.165) is 29.4 Å². The number of carbonyl (C=O) groups excluding carboxylic acids is 2. The first kappa shape index (κ1) is 13.1. The fourth-order valence-electron chi connectivity index (χ4n) is 2.19. The Balaban J connectivity index is 2.14. The summed E-state index contributed by atoms with van der Waals surface area (Å²) in [5.41, 5.74) is 1.54. The molecule has 2 rings (SSSR count). The van der Waals surface area contributed by atoms with Gasteiger partial charge >= 0.3 is 5.97 Å². The number of anilines is 1. The van der Waals surface area contributed by atoms with Crippen molar-refractivity contribution < 1.29 is 14.3 Å². The van der Waals surface area contributed by atoms with Crippen LogP contribution in [0.5, 0.6) is 0 Å². The lowest BCUT2D eigenvalue weighted by Crippen LogP contribution is -2.24. The maximum Gasteiger partial charge on any atom is 0.302 e. The van der Waals surface area contributed by atoms with E-state index < -0.39 is 0 Å². The molecule has 4 nitrogen and oxygen atoms in total. The molecule has 1 aliphatic rings. The van der Waals surface area contributed by atoms with Crippen LogP contribution in [0.2, 0.25) is 0 Å². The maximum absolute atomic E-state index is 11.1. The van der Waals surface area contributed by atoms with E-state index in [4.69, 9.17) is 4.74 Å². The summed E-state index contributed by atoms with van der Waals surface area (Å²) < 4.78 is 6.06. The summed E-state index contributed by atoms with van der Waals surface area (Å²) in [6, 6.07) is 5.60. The molecule has 96 valence electrons. The Hall–Kier alpha value is -1.36. The molecule has 0 amide bonds. The molecule has 0 saturated carbocycles. The largest absolute Gasteiger partial charge is 0.461 e. The van der Waals surface area contributed by atoms with Gasteiger partial charge in [0.2, 0.25) is 0 Å². The van der Waals surface area contributed by atoms with Crippen molar-refractivity contribution in [2.45, 2.75) is 19.4 Å². The zero-order valence-electron chi connectivity index (χ0n) is 10.1. The second-order valence-corrected chi connectivity index (χ2v) is 5.20. The molecular formula is C13H14BrNO3. The summed E-state index contributed by atoms with van der Waals surface area (Å²) in [5.74, 6) is -0.256. The summed E-state index contributed by atoms with van der Waals surface area (Å²) in [4.78, 5) is 24.0. The highest BCUT2D eigenvalue weighted by Gasteiger charge is 2.26. The quantitative estimate of drug-likeness (QED) is 0.635. The van der Waals surface area contributed by atoms with Crippen LogP contribution in [0, 0.1) is 0 Å². The lowest BCUT2D eigenvalue weighted by Gasteiger charge is -2.20. The number of rotatable bonds is 3. The van der Waals surface area contributed by atoms with Crippen LogP contribution in [0.3, 0.4) is 0 Å². The van der Waals surface area contributed by atoms with Gasteiger partial charge in [-0.3, -0.25) is 9.59 Å². The van der Waals surface area contributed by atoms with Gasteiger partial charge in [0.05, 0.1) is 6.54 Å². The highest BCUT2D eigenvalue weighted by molar-refractivity contribution is 9.10. The molecule has 1 heterocycles. The fourth-order valence-corrected chi connectivity index (χ4v) is 2.56. The van der Waals surface area contributed by atoms with E-state index in [1.54, 1.807) is 6.07 Å². The number of benzene rings is 1. The number of carbonyl (C=O) groups is 2. The van der Waals surface area contributed by atoms with Gasteiger partial charge in [-0.1, -0.05) is 15.9 Å². The Morgan fingerprint density at radius 2 is 2.33 bits per heavy atom. The molecule has 1 atom stereocenters. The highest BCUT2D eigenvalue weighted by Crippen LogP contribution is 2.27. The first-order valence-electron chi connectivity index (χ1n) is 5.77. The lowest BCUT2D eigenvalue weighted by atomic mass is 10.2. The number of nitrogens with zero attached hydrogens (tertiary/aromatic N) is 1. The smallest absolute Gasteiger partial charge is 0.302 e. The zero-order valence-corrected chi connectivity index (χ0v) is 11.6. The van der Waals surface area contributed by atoms with Gasteiger partial charge in [-0.25, -0.2) is 0 Å². The molecule has 0 aliphatic carbocycles. The Morgan fingerprint density at radius 1 is 1.56 bits per heavy atom. The van der Waals surface area contributed by atoms with E-state index in [-0.39, 0.29) is 12.1 Å². The van der Waals surface area contributed by atoms with Gasteiger partial charge in [0, 0.05) is 35.6 Å². The minimum atomic E-state index is -0.256. The monoisotopic (exact) mass is 311 g/mol. The van der Waals surface area contributed by atoms with E-state index in [9.17, 15) is 9.59 Å². The average Bonchev–Trinajstić information content (AvgIpc) is 2.76. The maximum atomic E-state index is 11.1. The fraction of sp³-hybridized carbons (Fsp3) is 0.385. The third-order valence-corrected chi connectivity index (χ3v) is 3.43. The first-order valence-corrected chi connectivity index (χ1v) is 6.56. The van der Waals surface area contributed by atoms with Crippen LogP contribution in [-0.2, 0) is 9.53 Å². The van der Waals surface area contributed by atoms with Crippen molar-refractivity contribution in [1.29, 1.82) is 0 Å². The summed E-state index contributed by atoms with van der Waals surface area (Å²) in [6.07, 6.45) is 1.57. The predicted octanol–water partition coefficient (Wildman–Crippen LogP) is 2.40. The van der Waals surface area contributed by atoms with Crippen molar-refractivity contribution in [3.05, 3.63) is 28.2 Å². The van der Waals surface area contributed by atoms with Crippen LogP contribution in [0.15, 0.2) is 22.7 Å². The molecule has 1 saturated heterocycles. The van der Waals surface area contributed by atoms with Gasteiger partial charge in [0.1, 0.15) is 6.10 Å². The summed E-state index contributed by atoms with van der Waals surface area (Å²) in [7, 11) is 0. The normalized spacial score (nSPS) is 18.8. The molecule has 0 N–H and O–H groups in total. The molecule has 0 spiro atoms. The van der Waals surface area contributed by atoms with Crippen LogP contribution >= 0.6 is 15.9 Å². The van der Waals surface area contributed by atoms with Crippen LogP contribution in [0.1, 0.15) is 23.7 Å². The predicted molar refractivity (Wildman–Crippen MR) is 71.9 cm³/mol. The minimum absolute atomic E-state index is 0.0781. The SMILES string of the molecule is CC(=O)OC1CCN(c2ccc(Br)cc2C=O)C1. The Labute approximate surface area is 114 Å². The molecule has 0 aromatic heterocycles. The number of hydrogen-bond acceptors (Lipinski definition) is 4. The third kappa shape index (κ3) is 2.90. The van der Waals surface area contributed by atoms with Crippen molar-refractivity contribution in [3.63, 3.8) is 0 Å². The number of aldehydes is 1. The molecule has 0 bridgehead atoms. The van der Waals surface area contributed by atoms with Crippen LogP contribution in [0.25, 0.3) is 0 Å². The Morgan fingerprint density at radius 3 is 3.00 bits per heavy atom. The highest BCUT2D eigenvalue weighted by atomic mass is 79.9. The molecule has 1 unspecified atom stereocenters. The van der Waals surface area contributed by atoms with E-state index in [0.29, 0.717) is 12.1 Å². The topological polar surface area (TPSA) is 46.6 Å². The molecular weight excluding hydrogens is 298 g/mol. The van der Waals surface area contributed by atoms with Gasteiger partial charge in [-0.2, -0.15) is 0 Å². The number of ether oxygens (including phenoxy) is 1. The van der Waals surface area contributed by atoms with E-state index in [2.05, 4.69) is 20.8 Å². The van der Waals surface area contributed by atoms with Crippen LogP contribution < -0.4 is 4.90 Å². The van der Waals surface area contributed by atoms with Crippen molar-refractivity contribution >= 4 is 33.9 Å². The lowest BCUT2D eigenvalue weighted by molar-refractivity contribution is -0.145. The van der Waals surface area contributed by atoms with Gasteiger partial charge in [-0.15, -0.1) is 0 Å². The van der Waals surface area contributed by atoms with Crippen molar-refractivity contribution in [2.75, 3.05) is 18.0 Å². The molecule has 0 radical (unpaired) electrons. The molecule has 1 aromatic rings. The van der Waals surface area contributed by atoms with Gasteiger partial charge in [0.15, 0.2) is 6.29 Å². The molecule has 1 aliphatic heterocycles. The minimum Gasteiger partial charge on any atom is -0.461 e. The van der Waals surface area contributed by atoms with Gasteiger partial charge < -0.3 is 9.64 Å². The van der Waals surface area contributed by atoms with Crippen molar-refractivity contribution in [2.24, 2.45) is 0 Å². The van der Waals surface area contributed by atoms with Crippen LogP contribution in [-0.4, -0.2) is 31.4 Å². The molecule has 5 heteroatoms.